The number of hydrogen-bond donors (Lipinski definition) is 2. The third-order valence-electron chi connectivity index (χ3n) is 12.1. The van der Waals surface area contributed by atoms with Gasteiger partial charge < -0.3 is 24.6 Å². The number of hydrogen-bond acceptors (Lipinski definition) is 8. The quantitative estimate of drug-likeness (QED) is 0.159. The number of aromatic nitrogens is 5. The topological polar surface area (TPSA) is 135 Å². The van der Waals surface area contributed by atoms with Gasteiger partial charge in [-0.25, -0.2) is 29.1 Å². The summed E-state index contributed by atoms with van der Waals surface area (Å²) in [6, 6.07) is 12.1. The van der Waals surface area contributed by atoms with E-state index in [1.165, 1.54) is 18.2 Å². The summed E-state index contributed by atoms with van der Waals surface area (Å²) in [7, 11) is 0. The highest BCUT2D eigenvalue weighted by Crippen LogP contribution is 2.58. The largest absolute Gasteiger partial charge is 0.490 e. The van der Waals surface area contributed by atoms with Crippen molar-refractivity contribution >= 4 is 28.7 Å². The lowest BCUT2D eigenvalue weighted by Crippen LogP contribution is -2.70. The van der Waals surface area contributed by atoms with Gasteiger partial charge in [0, 0.05) is 61.5 Å². The number of ether oxygens (including phenoxy) is 1. The van der Waals surface area contributed by atoms with Crippen LogP contribution in [0.2, 0.25) is 0 Å². The Bertz CT molecular complexity index is 2250. The fraction of sp³-hybridized carbons (Fsp3) is 0.400. The van der Waals surface area contributed by atoms with Crippen molar-refractivity contribution in [3.63, 3.8) is 0 Å². The van der Waals surface area contributed by atoms with Crippen molar-refractivity contribution in [2.45, 2.75) is 62.8 Å². The molecule has 55 heavy (non-hydrogen) atoms. The summed E-state index contributed by atoms with van der Waals surface area (Å²) in [5, 5.41) is 13.6. The van der Waals surface area contributed by atoms with E-state index in [0.717, 1.165) is 18.7 Å². The molecule has 0 spiro atoms. The number of nitrogens with zero attached hydrogens (tertiary/aromatic N) is 6. The molecule has 1 aromatic carbocycles. The predicted octanol–water partition coefficient (Wildman–Crippen LogP) is 7.09. The highest BCUT2D eigenvalue weighted by molar-refractivity contribution is 6.01. The van der Waals surface area contributed by atoms with Crippen LogP contribution in [-0.2, 0) is 11.0 Å². The smallest absolute Gasteiger partial charge is 0.434 e. The second-order valence-electron chi connectivity index (χ2n) is 15.3. The molecule has 1 amide bonds. The number of halogens is 4. The Morgan fingerprint density at radius 1 is 0.909 bits per heavy atom. The lowest BCUT2D eigenvalue weighted by molar-refractivity contribution is -0.163. The monoisotopic (exact) mass is 755 g/mol. The van der Waals surface area contributed by atoms with Gasteiger partial charge in [0.15, 0.2) is 5.69 Å². The molecule has 5 aliphatic rings. The van der Waals surface area contributed by atoms with Gasteiger partial charge in [0.1, 0.15) is 29.0 Å². The zero-order chi connectivity index (χ0) is 38.1. The molecular formula is C40H37F4N7O4. The Balaban J connectivity index is 1.04. The van der Waals surface area contributed by atoms with Gasteiger partial charge in [-0.1, -0.05) is 0 Å². The molecular weight excluding hydrogens is 718 g/mol. The van der Waals surface area contributed by atoms with Crippen LogP contribution < -0.4 is 15.0 Å². The van der Waals surface area contributed by atoms with Crippen LogP contribution >= 0.6 is 0 Å². The number of carboxylic acid groups (broad SMARTS) is 1. The van der Waals surface area contributed by atoms with Crippen LogP contribution in [0.25, 0.3) is 28.0 Å². The Labute approximate surface area is 312 Å². The van der Waals surface area contributed by atoms with Crippen molar-refractivity contribution in [2.24, 2.45) is 23.7 Å². The molecule has 1 aliphatic heterocycles. The van der Waals surface area contributed by atoms with Crippen molar-refractivity contribution in [1.82, 2.24) is 29.8 Å². The summed E-state index contributed by atoms with van der Waals surface area (Å²) in [6.07, 6.45) is 5.84. The van der Waals surface area contributed by atoms with Crippen molar-refractivity contribution in [2.75, 3.05) is 18.0 Å². The predicted molar refractivity (Wildman–Crippen MR) is 192 cm³/mol. The van der Waals surface area contributed by atoms with Gasteiger partial charge in [-0.05, 0) is 98.2 Å². The summed E-state index contributed by atoms with van der Waals surface area (Å²) >= 11 is 0. The van der Waals surface area contributed by atoms with Crippen LogP contribution in [0.5, 0.6) is 5.75 Å². The Morgan fingerprint density at radius 3 is 2.25 bits per heavy atom. The van der Waals surface area contributed by atoms with Gasteiger partial charge in [0.05, 0.1) is 23.0 Å². The SMILES string of the molecule is O=C(NC1(C(=O)O)C2CC3CC(C2)CC1C3)c1ccc(-c2cn(-c3ccc(F)cn3)c3cc(OC4CCN(c5ncccn5)CC4)ccc23)nc1C(F)(F)F. The fourth-order valence-electron chi connectivity index (χ4n) is 9.80. The van der Waals surface area contributed by atoms with E-state index < -0.39 is 40.7 Å². The molecule has 0 unspecified atom stereocenters. The number of carbonyl (C=O) groups is 2. The average molecular weight is 756 g/mol. The minimum Gasteiger partial charge on any atom is -0.490 e. The Kier molecular flexibility index (Phi) is 8.50. The molecule has 0 atom stereocenters. The number of alkyl halides is 3. The van der Waals surface area contributed by atoms with Gasteiger partial charge in [-0.3, -0.25) is 4.79 Å². The first-order valence-electron chi connectivity index (χ1n) is 18.6. The lowest BCUT2D eigenvalue weighted by atomic mass is 9.48. The summed E-state index contributed by atoms with van der Waals surface area (Å²) in [5.74, 6) is -1.30. The van der Waals surface area contributed by atoms with Crippen molar-refractivity contribution in [3.05, 3.63) is 90.4 Å². The van der Waals surface area contributed by atoms with Crippen LogP contribution in [0.3, 0.4) is 0 Å². The van der Waals surface area contributed by atoms with Crippen molar-refractivity contribution in [1.29, 1.82) is 0 Å². The maximum Gasteiger partial charge on any atom is 0.434 e. The third-order valence-corrected chi connectivity index (χ3v) is 12.1. The van der Waals surface area contributed by atoms with E-state index in [2.05, 4.69) is 30.2 Å². The molecule has 10 rings (SSSR count). The van der Waals surface area contributed by atoms with E-state index >= 15 is 0 Å². The molecule has 4 aliphatic carbocycles. The van der Waals surface area contributed by atoms with E-state index in [0.29, 0.717) is 97.4 Å². The first-order valence-corrected chi connectivity index (χ1v) is 18.6. The van der Waals surface area contributed by atoms with Crippen molar-refractivity contribution in [3.8, 4) is 22.8 Å². The average Bonchev–Trinajstić information content (AvgIpc) is 3.55. The summed E-state index contributed by atoms with van der Waals surface area (Å²) in [5.41, 5.74) is -3.01. The summed E-state index contributed by atoms with van der Waals surface area (Å²) < 4.78 is 66.4. The molecule has 11 nitrogen and oxygen atoms in total. The fourth-order valence-corrected chi connectivity index (χ4v) is 9.80. The van der Waals surface area contributed by atoms with E-state index in [-0.39, 0.29) is 23.6 Å². The highest BCUT2D eigenvalue weighted by atomic mass is 19.4. The second-order valence-corrected chi connectivity index (χ2v) is 15.3. The minimum atomic E-state index is -5.04. The van der Waals surface area contributed by atoms with Gasteiger partial charge in [-0.15, -0.1) is 0 Å². The molecule has 5 aromatic rings. The van der Waals surface area contributed by atoms with Crippen molar-refractivity contribution < 1.29 is 37.0 Å². The maximum absolute atomic E-state index is 14.8. The molecule has 0 radical (unpaired) electrons. The lowest BCUT2D eigenvalue weighted by Gasteiger charge is -2.59. The van der Waals surface area contributed by atoms with Crippen LogP contribution in [0.15, 0.2) is 73.3 Å². The molecule has 1 saturated heterocycles. The van der Waals surface area contributed by atoms with E-state index in [1.807, 2.05) is 0 Å². The van der Waals surface area contributed by atoms with E-state index in [9.17, 15) is 32.3 Å². The van der Waals surface area contributed by atoms with Crippen LogP contribution in [-0.4, -0.2) is 66.2 Å². The minimum absolute atomic E-state index is 0.0681. The maximum atomic E-state index is 14.8. The number of nitrogens with one attached hydrogen (secondary N) is 1. The van der Waals surface area contributed by atoms with Gasteiger partial charge in [0.25, 0.3) is 5.91 Å². The Hall–Kier alpha value is -5.60. The number of carboxylic acids is 1. The third kappa shape index (κ3) is 6.22. The molecule has 4 saturated carbocycles. The first kappa shape index (κ1) is 35.1. The molecule has 284 valence electrons. The zero-order valence-electron chi connectivity index (χ0n) is 29.5. The van der Waals surface area contributed by atoms with Gasteiger partial charge in [0.2, 0.25) is 5.95 Å². The second kappa shape index (κ2) is 13.3. The van der Waals surface area contributed by atoms with Gasteiger partial charge >= 0.3 is 12.1 Å². The number of piperidine rings is 1. The highest BCUT2D eigenvalue weighted by Gasteiger charge is 2.62. The molecule has 4 aromatic heterocycles. The normalized spacial score (nSPS) is 25.0. The van der Waals surface area contributed by atoms with Crippen LogP contribution in [0, 0.1) is 29.5 Å². The number of fused-ring (bicyclic) bond motifs is 1. The van der Waals surface area contributed by atoms with E-state index in [1.54, 1.807) is 47.4 Å². The molecule has 2 N–H and O–H groups in total. The number of benzene rings is 1. The zero-order valence-corrected chi connectivity index (χ0v) is 29.5. The number of anilines is 1. The number of amides is 1. The van der Waals surface area contributed by atoms with Gasteiger partial charge in [-0.2, -0.15) is 13.2 Å². The molecule has 5 heterocycles. The first-order chi connectivity index (χ1) is 26.5. The van der Waals surface area contributed by atoms with Crippen LogP contribution in [0.4, 0.5) is 23.5 Å². The Morgan fingerprint density at radius 2 is 1.62 bits per heavy atom. The summed E-state index contributed by atoms with van der Waals surface area (Å²) in [6.45, 7) is 1.38. The standard InChI is InChI=1S/C40H37F4N7O4/c41-26-2-7-34(47-20-26)51-21-31(29-4-3-28(19-33(29)51)55-27-8-12-50(13-9-27)38-45-10-1-11-46-38)32-6-5-30(35(48-32)40(42,43)44)36(52)49-39(37(53)54)24-15-22-14-23(17-24)18-25(39)16-22/h1-7,10-11,19-25,27H,8-9,12-18H2,(H,49,52)(H,53,54). The molecule has 5 fully saturated rings. The van der Waals surface area contributed by atoms with Crippen LogP contribution in [0.1, 0.15) is 61.0 Å². The number of pyridine rings is 2. The number of aliphatic carboxylic acids is 1. The molecule has 15 heteroatoms. The van der Waals surface area contributed by atoms with E-state index in [4.69, 9.17) is 4.74 Å². The summed E-state index contributed by atoms with van der Waals surface area (Å²) in [4.78, 5) is 45.7. The molecule has 4 bridgehead atoms. The number of rotatable bonds is 8. The number of carbonyl (C=O) groups excluding carboxylic acids is 1.